The number of aromatic nitrogens is 2. The van der Waals surface area contributed by atoms with Gasteiger partial charge in [-0.15, -0.1) is 0 Å². The quantitative estimate of drug-likeness (QED) is 0.159. The second-order valence-corrected chi connectivity index (χ2v) is 14.5. The van der Waals surface area contributed by atoms with E-state index in [1.807, 2.05) is 0 Å². The second kappa shape index (κ2) is 13.6. The fraction of sp³-hybridized carbons (Fsp3) is 0. The van der Waals surface area contributed by atoms with Crippen molar-refractivity contribution in [1.82, 2.24) is 9.13 Å². The van der Waals surface area contributed by atoms with Crippen LogP contribution in [0.2, 0.25) is 0 Å². The molecule has 0 saturated heterocycles. The predicted molar refractivity (Wildman–Crippen MR) is 241 cm³/mol. The van der Waals surface area contributed by atoms with Crippen molar-refractivity contribution in [2.24, 2.45) is 0 Å². The van der Waals surface area contributed by atoms with E-state index in [0.717, 1.165) is 34.0 Å². The van der Waals surface area contributed by atoms with Gasteiger partial charge in [-0.2, -0.15) is 0 Å². The summed E-state index contributed by atoms with van der Waals surface area (Å²) >= 11 is 0. The average molecular weight is 728 g/mol. The van der Waals surface area contributed by atoms with Crippen LogP contribution in [-0.4, -0.2) is 9.13 Å². The molecule has 0 amide bonds. The van der Waals surface area contributed by atoms with Crippen LogP contribution >= 0.6 is 0 Å². The molecule has 2 heterocycles. The van der Waals surface area contributed by atoms with Crippen molar-refractivity contribution in [2.45, 2.75) is 0 Å². The van der Waals surface area contributed by atoms with Crippen molar-refractivity contribution in [2.75, 3.05) is 4.90 Å². The maximum Gasteiger partial charge on any atom is 0.0562 e. The summed E-state index contributed by atoms with van der Waals surface area (Å²) in [7, 11) is 0. The van der Waals surface area contributed by atoms with Gasteiger partial charge in [0.15, 0.2) is 0 Å². The maximum atomic E-state index is 2.42. The van der Waals surface area contributed by atoms with E-state index in [9.17, 15) is 0 Å². The maximum absolute atomic E-state index is 2.42. The Labute approximate surface area is 331 Å². The molecule has 9 aromatic carbocycles. The van der Waals surface area contributed by atoms with Crippen LogP contribution in [0.5, 0.6) is 0 Å². The number of para-hydroxylation sites is 4. The predicted octanol–water partition coefficient (Wildman–Crippen LogP) is 14.7. The Bertz CT molecular complexity index is 3160. The Morgan fingerprint density at radius 1 is 0.298 bits per heavy atom. The molecular formula is C54H37N3. The van der Waals surface area contributed by atoms with Gasteiger partial charge in [0.05, 0.1) is 27.8 Å². The number of hydrogen-bond donors (Lipinski definition) is 0. The fourth-order valence-electron chi connectivity index (χ4n) is 8.82. The molecule has 0 saturated carbocycles. The van der Waals surface area contributed by atoms with Gasteiger partial charge in [0, 0.05) is 49.9 Å². The van der Waals surface area contributed by atoms with Gasteiger partial charge in [-0.1, -0.05) is 152 Å². The number of rotatable bonds is 7. The first-order chi connectivity index (χ1) is 28.3. The van der Waals surface area contributed by atoms with Crippen molar-refractivity contribution < 1.29 is 0 Å². The largest absolute Gasteiger partial charge is 0.310 e. The number of nitrogens with zero attached hydrogens (tertiary/aromatic N) is 3. The highest BCUT2D eigenvalue weighted by atomic mass is 15.1. The molecule has 0 bridgehead atoms. The molecule has 0 aliphatic carbocycles. The molecule has 0 spiro atoms. The van der Waals surface area contributed by atoms with Crippen molar-refractivity contribution in [3.05, 3.63) is 224 Å². The Morgan fingerprint density at radius 3 is 1.47 bits per heavy atom. The summed E-state index contributed by atoms with van der Waals surface area (Å²) in [5.41, 5.74) is 15.0. The zero-order valence-corrected chi connectivity index (χ0v) is 31.2. The van der Waals surface area contributed by atoms with Crippen LogP contribution < -0.4 is 4.90 Å². The standard InChI is InChI=1S/C54H37N3/c1-4-17-38(18-5-1)44-23-10-13-27-49(44)55(41-31-33-42(34-32-41)56-50-28-14-11-24-46(50)47-25-12-15-29-51(47)56)43-35-36-48-53(37-43)57(40-21-8-3-9-22-40)52-30-16-26-45(54(48)52)39-19-6-2-7-20-39/h1-37H. The zero-order valence-electron chi connectivity index (χ0n) is 31.2. The molecule has 11 aromatic rings. The summed E-state index contributed by atoms with van der Waals surface area (Å²) in [6.07, 6.45) is 0. The third-order valence-corrected chi connectivity index (χ3v) is 11.3. The first-order valence-electron chi connectivity index (χ1n) is 19.5. The second-order valence-electron chi connectivity index (χ2n) is 14.5. The molecule has 0 radical (unpaired) electrons. The van der Waals surface area contributed by atoms with Crippen LogP contribution in [-0.2, 0) is 0 Å². The molecule has 3 heteroatoms. The molecule has 0 atom stereocenters. The van der Waals surface area contributed by atoms with Crippen LogP contribution in [0, 0.1) is 0 Å². The minimum Gasteiger partial charge on any atom is -0.310 e. The van der Waals surface area contributed by atoms with Gasteiger partial charge in [-0.3, -0.25) is 0 Å². The van der Waals surface area contributed by atoms with Gasteiger partial charge in [0.25, 0.3) is 0 Å². The highest BCUT2D eigenvalue weighted by Crippen LogP contribution is 2.45. The summed E-state index contributed by atoms with van der Waals surface area (Å²) in [5.74, 6) is 0. The van der Waals surface area contributed by atoms with Gasteiger partial charge in [0.1, 0.15) is 0 Å². The van der Waals surface area contributed by atoms with Crippen molar-refractivity contribution in [3.63, 3.8) is 0 Å². The Hall–Kier alpha value is -7.62. The summed E-state index contributed by atoms with van der Waals surface area (Å²) in [6, 6.07) is 81.1. The number of hydrogen-bond acceptors (Lipinski definition) is 1. The first kappa shape index (κ1) is 32.8. The minimum atomic E-state index is 1.08. The molecule has 268 valence electrons. The van der Waals surface area contributed by atoms with Crippen LogP contribution in [0.4, 0.5) is 17.1 Å². The van der Waals surface area contributed by atoms with E-state index in [-0.39, 0.29) is 0 Å². The van der Waals surface area contributed by atoms with E-state index in [4.69, 9.17) is 0 Å². The minimum absolute atomic E-state index is 1.08. The van der Waals surface area contributed by atoms with Gasteiger partial charge < -0.3 is 14.0 Å². The van der Waals surface area contributed by atoms with Gasteiger partial charge in [-0.05, 0) is 89.5 Å². The topological polar surface area (TPSA) is 13.1 Å². The molecule has 0 aliphatic rings. The summed E-state index contributed by atoms with van der Waals surface area (Å²) < 4.78 is 4.80. The molecule has 11 rings (SSSR count). The van der Waals surface area contributed by atoms with Crippen LogP contribution in [0.25, 0.3) is 77.2 Å². The molecule has 0 aliphatic heterocycles. The lowest BCUT2D eigenvalue weighted by atomic mass is 9.99. The van der Waals surface area contributed by atoms with E-state index in [0.29, 0.717) is 0 Å². The molecule has 0 unspecified atom stereocenters. The average Bonchev–Trinajstić information content (AvgIpc) is 3.81. The Kier molecular flexibility index (Phi) is 7.82. The van der Waals surface area contributed by atoms with E-state index >= 15 is 0 Å². The zero-order chi connectivity index (χ0) is 37.7. The van der Waals surface area contributed by atoms with Gasteiger partial charge >= 0.3 is 0 Å². The molecule has 3 nitrogen and oxygen atoms in total. The molecule has 0 fully saturated rings. The first-order valence-corrected chi connectivity index (χ1v) is 19.5. The van der Waals surface area contributed by atoms with Crippen molar-refractivity contribution in [1.29, 1.82) is 0 Å². The fourth-order valence-corrected chi connectivity index (χ4v) is 8.82. The summed E-state index contributed by atoms with van der Waals surface area (Å²) in [4.78, 5) is 2.42. The third kappa shape index (κ3) is 5.43. The van der Waals surface area contributed by atoms with E-state index in [1.165, 1.54) is 60.3 Å². The van der Waals surface area contributed by atoms with Crippen LogP contribution in [0.3, 0.4) is 0 Å². The van der Waals surface area contributed by atoms with Gasteiger partial charge in [0.2, 0.25) is 0 Å². The summed E-state index contributed by atoms with van der Waals surface area (Å²) in [5, 5.41) is 4.98. The van der Waals surface area contributed by atoms with E-state index in [1.54, 1.807) is 0 Å². The highest BCUT2D eigenvalue weighted by molar-refractivity contribution is 6.16. The molecule has 2 aromatic heterocycles. The third-order valence-electron chi connectivity index (χ3n) is 11.3. The number of benzene rings is 9. The van der Waals surface area contributed by atoms with E-state index in [2.05, 4.69) is 238 Å². The van der Waals surface area contributed by atoms with Gasteiger partial charge in [-0.25, -0.2) is 0 Å². The van der Waals surface area contributed by atoms with E-state index < -0.39 is 0 Å². The number of anilines is 3. The van der Waals surface area contributed by atoms with Crippen molar-refractivity contribution in [3.8, 4) is 33.6 Å². The van der Waals surface area contributed by atoms with Crippen LogP contribution in [0.1, 0.15) is 0 Å². The lowest BCUT2D eigenvalue weighted by Crippen LogP contribution is -2.11. The summed E-state index contributed by atoms with van der Waals surface area (Å²) in [6.45, 7) is 0. The lowest BCUT2D eigenvalue weighted by molar-refractivity contribution is 1.17. The molecule has 57 heavy (non-hydrogen) atoms. The SMILES string of the molecule is c1ccc(-c2ccccc2N(c2ccc(-n3c4ccccc4c4ccccc43)cc2)c2ccc3c4c(-c5ccccc5)cccc4n(-c4ccccc4)c3c2)cc1. The molecule has 0 N–H and O–H groups in total. The smallest absolute Gasteiger partial charge is 0.0562 e. The van der Waals surface area contributed by atoms with Crippen molar-refractivity contribution >= 4 is 60.7 Å². The highest BCUT2D eigenvalue weighted by Gasteiger charge is 2.22. The Morgan fingerprint density at radius 2 is 0.789 bits per heavy atom. The lowest BCUT2D eigenvalue weighted by Gasteiger charge is -2.28. The Balaban J connectivity index is 1.15. The number of fused-ring (bicyclic) bond motifs is 6. The van der Waals surface area contributed by atoms with Crippen LogP contribution in [0.15, 0.2) is 224 Å². The normalized spacial score (nSPS) is 11.5. The molecular weight excluding hydrogens is 691 g/mol. The monoisotopic (exact) mass is 727 g/mol.